The third-order valence-corrected chi connectivity index (χ3v) is 5.59. The molecule has 1 aliphatic carbocycles. The number of piperazine rings is 1. The van der Waals surface area contributed by atoms with Gasteiger partial charge in [-0.15, -0.1) is 5.73 Å². The van der Waals surface area contributed by atoms with Crippen LogP contribution in [0.25, 0.3) is 0 Å². The van der Waals surface area contributed by atoms with E-state index in [0.29, 0.717) is 16.7 Å². The summed E-state index contributed by atoms with van der Waals surface area (Å²) in [7, 11) is 3.87. The lowest BCUT2D eigenvalue weighted by Crippen LogP contribution is -2.61. The van der Waals surface area contributed by atoms with Crippen molar-refractivity contribution in [2.45, 2.75) is 18.5 Å². The van der Waals surface area contributed by atoms with E-state index in [1.807, 2.05) is 24.3 Å². The van der Waals surface area contributed by atoms with Crippen molar-refractivity contribution in [2.75, 3.05) is 38.8 Å². The molecular formula is C19H21Cl3N2O. The number of ether oxygens (including phenoxy) is 1. The number of methoxy groups -OCH3 is 1. The molecule has 1 saturated heterocycles. The molecule has 25 heavy (non-hydrogen) atoms. The number of rotatable bonds is 4. The maximum absolute atomic E-state index is 6.51. The second-order valence-electron chi connectivity index (χ2n) is 6.34. The Bertz CT molecular complexity index is 740. The zero-order valence-electron chi connectivity index (χ0n) is 14.3. The molecule has 0 aromatic heterocycles. The van der Waals surface area contributed by atoms with Crippen LogP contribution in [0.4, 0.5) is 5.69 Å². The fraction of sp³-hybridized carbons (Fsp3) is 0.421. The summed E-state index contributed by atoms with van der Waals surface area (Å²) in [5.74, 6) is 0. The minimum absolute atomic E-state index is 0.106. The first-order valence-corrected chi connectivity index (χ1v) is 9.36. The van der Waals surface area contributed by atoms with Crippen LogP contribution in [-0.4, -0.2) is 50.8 Å². The first-order valence-electron chi connectivity index (χ1n) is 8.23. The van der Waals surface area contributed by atoms with Gasteiger partial charge < -0.3 is 9.64 Å². The second kappa shape index (κ2) is 8.18. The van der Waals surface area contributed by atoms with Crippen molar-refractivity contribution in [1.82, 2.24) is 4.90 Å². The van der Waals surface area contributed by atoms with E-state index in [4.69, 9.17) is 39.5 Å². The molecule has 3 nitrogen and oxygen atoms in total. The summed E-state index contributed by atoms with van der Waals surface area (Å²) in [4.78, 5) is 4.68. The molecule has 1 fully saturated rings. The van der Waals surface area contributed by atoms with E-state index in [1.165, 1.54) is 5.57 Å². The van der Waals surface area contributed by atoms with Crippen LogP contribution in [0.2, 0.25) is 10.0 Å². The van der Waals surface area contributed by atoms with Crippen LogP contribution in [0.3, 0.4) is 0 Å². The van der Waals surface area contributed by atoms with Crippen LogP contribution in [-0.2, 0) is 4.74 Å². The lowest BCUT2D eigenvalue weighted by molar-refractivity contribution is 0.0820. The van der Waals surface area contributed by atoms with Crippen LogP contribution >= 0.6 is 34.8 Å². The van der Waals surface area contributed by atoms with Crippen LogP contribution < -0.4 is 4.90 Å². The molecule has 0 amide bonds. The highest BCUT2D eigenvalue weighted by Gasteiger charge is 2.38. The number of anilines is 1. The quantitative estimate of drug-likeness (QED) is 0.680. The maximum Gasteiger partial charge on any atom is 0.0758 e. The lowest BCUT2D eigenvalue weighted by atomic mass is 9.91. The monoisotopic (exact) mass is 398 g/mol. The Morgan fingerprint density at radius 3 is 2.68 bits per heavy atom. The van der Waals surface area contributed by atoms with Gasteiger partial charge in [0.1, 0.15) is 0 Å². The van der Waals surface area contributed by atoms with Crippen molar-refractivity contribution in [3.05, 3.63) is 56.7 Å². The summed E-state index contributed by atoms with van der Waals surface area (Å²) in [5.41, 5.74) is 5.55. The van der Waals surface area contributed by atoms with Crippen molar-refractivity contribution in [3.8, 4) is 0 Å². The normalized spacial score (nSPS) is 24.3. The van der Waals surface area contributed by atoms with E-state index < -0.39 is 0 Å². The smallest absolute Gasteiger partial charge is 0.0758 e. The van der Waals surface area contributed by atoms with E-state index in [0.717, 1.165) is 30.2 Å². The minimum Gasteiger partial charge on any atom is -0.383 e. The first-order chi connectivity index (χ1) is 12.0. The maximum atomic E-state index is 6.51. The van der Waals surface area contributed by atoms with Gasteiger partial charge in [0.15, 0.2) is 0 Å². The number of benzene rings is 1. The molecule has 0 spiro atoms. The van der Waals surface area contributed by atoms with Crippen LogP contribution in [0.1, 0.15) is 6.42 Å². The largest absolute Gasteiger partial charge is 0.383 e. The predicted octanol–water partition coefficient (Wildman–Crippen LogP) is 4.74. The zero-order chi connectivity index (χ0) is 18.0. The number of likely N-dealkylation sites (N-methyl/N-ethyl adjacent to an activating group) is 1. The average Bonchev–Trinajstić information content (AvgIpc) is 2.58. The Hall–Kier alpha value is -0.930. The molecule has 1 aromatic carbocycles. The first kappa shape index (κ1) is 18.8. The Labute approximate surface area is 164 Å². The fourth-order valence-corrected chi connectivity index (χ4v) is 4.15. The van der Waals surface area contributed by atoms with Gasteiger partial charge in [0.25, 0.3) is 0 Å². The molecule has 134 valence electrons. The number of allylic oxidation sites excluding steroid dienone is 2. The highest BCUT2D eigenvalue weighted by Crippen LogP contribution is 2.36. The molecule has 0 unspecified atom stereocenters. The number of hydrogen-bond donors (Lipinski definition) is 0. The number of nitrogens with zero attached hydrogens (tertiary/aromatic N) is 2. The van der Waals surface area contributed by atoms with E-state index in [1.54, 1.807) is 13.2 Å². The van der Waals surface area contributed by atoms with Gasteiger partial charge in [0.05, 0.1) is 29.4 Å². The van der Waals surface area contributed by atoms with Crippen molar-refractivity contribution in [1.29, 1.82) is 0 Å². The Kier molecular flexibility index (Phi) is 6.17. The predicted molar refractivity (Wildman–Crippen MR) is 106 cm³/mol. The summed E-state index contributed by atoms with van der Waals surface area (Å²) in [6, 6.07) is 5.97. The summed E-state index contributed by atoms with van der Waals surface area (Å²) in [5, 5.41) is 2.03. The van der Waals surface area contributed by atoms with E-state index in [-0.39, 0.29) is 12.1 Å². The Balaban J connectivity index is 2.04. The summed E-state index contributed by atoms with van der Waals surface area (Å²) < 4.78 is 5.51. The Morgan fingerprint density at radius 1 is 1.24 bits per heavy atom. The zero-order valence-corrected chi connectivity index (χ0v) is 16.6. The SMILES string of the molecule is COC[C@H]1[C@H](C2=C=CC(Cl)=CC2)N(c2ccc(Cl)cc2Cl)CCN1C. The summed E-state index contributed by atoms with van der Waals surface area (Å²) in [6.07, 6.45) is 4.63. The van der Waals surface area contributed by atoms with Gasteiger partial charge in [-0.1, -0.05) is 40.9 Å². The van der Waals surface area contributed by atoms with Gasteiger partial charge in [-0.3, -0.25) is 4.90 Å². The van der Waals surface area contributed by atoms with Gasteiger partial charge >= 0.3 is 0 Å². The van der Waals surface area contributed by atoms with Gasteiger partial charge in [-0.2, -0.15) is 0 Å². The van der Waals surface area contributed by atoms with Crippen LogP contribution in [0, 0.1) is 0 Å². The standard InChI is InChI=1S/C19H21Cl3N2O/c1-23-9-10-24(17-8-7-15(21)11-16(17)22)19(18(23)12-25-2)13-3-5-14(20)6-4-13/h5-8,11,18-19H,3,9-10,12H2,1-2H3/t18-,19-/m0/s1. The van der Waals surface area contributed by atoms with Crippen molar-refractivity contribution in [2.24, 2.45) is 0 Å². The lowest BCUT2D eigenvalue weighted by Gasteiger charge is -2.48. The molecule has 0 radical (unpaired) electrons. The molecule has 1 heterocycles. The second-order valence-corrected chi connectivity index (χ2v) is 7.62. The summed E-state index contributed by atoms with van der Waals surface area (Å²) >= 11 is 18.7. The van der Waals surface area contributed by atoms with Crippen molar-refractivity contribution < 1.29 is 4.74 Å². The molecule has 1 aromatic rings. The molecular weight excluding hydrogens is 379 g/mol. The van der Waals surface area contributed by atoms with Gasteiger partial charge in [-0.25, -0.2) is 0 Å². The van der Waals surface area contributed by atoms with E-state index in [9.17, 15) is 0 Å². The molecule has 0 bridgehead atoms. The highest BCUT2D eigenvalue weighted by molar-refractivity contribution is 6.36. The Morgan fingerprint density at radius 2 is 2.04 bits per heavy atom. The molecule has 2 atom stereocenters. The number of hydrogen-bond acceptors (Lipinski definition) is 3. The molecule has 1 aliphatic heterocycles. The average molecular weight is 400 g/mol. The van der Waals surface area contributed by atoms with Gasteiger partial charge in [-0.05, 0) is 43.3 Å². The molecule has 2 aliphatic rings. The van der Waals surface area contributed by atoms with Gasteiger partial charge in [0, 0.05) is 30.3 Å². The minimum atomic E-state index is 0.106. The topological polar surface area (TPSA) is 15.7 Å². The molecule has 3 rings (SSSR count). The van der Waals surface area contributed by atoms with Crippen LogP contribution in [0.5, 0.6) is 0 Å². The van der Waals surface area contributed by atoms with E-state index >= 15 is 0 Å². The van der Waals surface area contributed by atoms with Gasteiger partial charge in [0.2, 0.25) is 0 Å². The van der Waals surface area contributed by atoms with E-state index in [2.05, 4.69) is 22.6 Å². The fourth-order valence-electron chi connectivity index (χ4n) is 3.51. The highest BCUT2D eigenvalue weighted by atomic mass is 35.5. The molecule has 0 N–H and O–H groups in total. The third kappa shape index (κ3) is 4.09. The van der Waals surface area contributed by atoms with Crippen LogP contribution in [0.15, 0.2) is 46.7 Å². The molecule has 6 heteroatoms. The summed E-state index contributed by atoms with van der Waals surface area (Å²) in [6.45, 7) is 2.42. The van der Waals surface area contributed by atoms with Crippen molar-refractivity contribution >= 4 is 40.5 Å². The number of halogens is 3. The molecule has 0 saturated carbocycles. The third-order valence-electron chi connectivity index (χ3n) is 4.79. The van der Waals surface area contributed by atoms with Crippen molar-refractivity contribution in [3.63, 3.8) is 0 Å².